The predicted octanol–water partition coefficient (Wildman–Crippen LogP) is 3.23. The molecule has 0 heterocycles. The molecular weight excluding hydrogens is 286 g/mol. The minimum absolute atomic E-state index is 0.0227. The SMILES string of the molecule is Cc1ccc(C(=O)OCOCc2ccc([N+](=O)[O-])cc2)cc1. The number of nitro groups is 1. The molecular formula is C16H15NO5. The molecule has 0 aliphatic carbocycles. The fourth-order valence-corrected chi connectivity index (χ4v) is 1.74. The Morgan fingerprint density at radius 3 is 2.32 bits per heavy atom. The summed E-state index contributed by atoms with van der Waals surface area (Å²) in [6.07, 6.45) is 0. The molecule has 0 N–H and O–H groups in total. The van der Waals surface area contributed by atoms with Gasteiger partial charge in [0.05, 0.1) is 17.1 Å². The average molecular weight is 301 g/mol. The van der Waals surface area contributed by atoms with Crippen LogP contribution in [0.5, 0.6) is 0 Å². The van der Waals surface area contributed by atoms with E-state index in [4.69, 9.17) is 9.47 Å². The zero-order chi connectivity index (χ0) is 15.9. The van der Waals surface area contributed by atoms with Gasteiger partial charge in [-0.2, -0.15) is 0 Å². The van der Waals surface area contributed by atoms with Gasteiger partial charge in [-0.3, -0.25) is 10.1 Å². The van der Waals surface area contributed by atoms with Crippen LogP contribution in [0.15, 0.2) is 48.5 Å². The number of non-ortho nitro benzene ring substituents is 1. The number of rotatable bonds is 6. The summed E-state index contributed by atoms with van der Waals surface area (Å²) in [5.41, 5.74) is 2.31. The lowest BCUT2D eigenvalue weighted by Crippen LogP contribution is -2.08. The van der Waals surface area contributed by atoms with Crippen LogP contribution in [0.25, 0.3) is 0 Å². The van der Waals surface area contributed by atoms with E-state index in [1.807, 2.05) is 19.1 Å². The topological polar surface area (TPSA) is 78.7 Å². The lowest BCUT2D eigenvalue weighted by molar-refractivity contribution is -0.384. The summed E-state index contributed by atoms with van der Waals surface area (Å²) in [7, 11) is 0. The van der Waals surface area contributed by atoms with E-state index >= 15 is 0 Å². The summed E-state index contributed by atoms with van der Waals surface area (Å²) in [6.45, 7) is 1.96. The Bertz CT molecular complexity index is 649. The summed E-state index contributed by atoms with van der Waals surface area (Å²) >= 11 is 0. The van der Waals surface area contributed by atoms with Crippen molar-refractivity contribution in [1.82, 2.24) is 0 Å². The molecule has 2 aromatic rings. The van der Waals surface area contributed by atoms with Crippen molar-refractivity contribution >= 4 is 11.7 Å². The number of ether oxygens (including phenoxy) is 2. The molecule has 0 aromatic heterocycles. The van der Waals surface area contributed by atoms with Crippen LogP contribution in [0.1, 0.15) is 21.5 Å². The molecule has 0 radical (unpaired) electrons. The number of aryl methyl sites for hydroxylation is 1. The van der Waals surface area contributed by atoms with Crippen LogP contribution in [0.3, 0.4) is 0 Å². The molecule has 2 aromatic carbocycles. The third kappa shape index (κ3) is 4.39. The zero-order valence-electron chi connectivity index (χ0n) is 12.0. The van der Waals surface area contributed by atoms with Gasteiger partial charge < -0.3 is 9.47 Å². The van der Waals surface area contributed by atoms with Crippen molar-refractivity contribution < 1.29 is 19.2 Å². The van der Waals surface area contributed by atoms with E-state index in [1.54, 1.807) is 24.3 Å². The van der Waals surface area contributed by atoms with E-state index in [0.717, 1.165) is 11.1 Å². The van der Waals surface area contributed by atoms with E-state index in [-0.39, 0.29) is 19.1 Å². The van der Waals surface area contributed by atoms with Gasteiger partial charge in [0, 0.05) is 12.1 Å². The lowest BCUT2D eigenvalue weighted by atomic mass is 10.2. The number of hydrogen-bond acceptors (Lipinski definition) is 5. The van der Waals surface area contributed by atoms with Gasteiger partial charge in [-0.15, -0.1) is 0 Å². The molecule has 0 unspecified atom stereocenters. The third-order valence-electron chi connectivity index (χ3n) is 2.98. The minimum Gasteiger partial charge on any atom is -0.435 e. The Hall–Kier alpha value is -2.73. The maximum atomic E-state index is 11.7. The molecule has 0 aliphatic rings. The van der Waals surface area contributed by atoms with Crippen molar-refractivity contribution in [2.24, 2.45) is 0 Å². The van der Waals surface area contributed by atoms with Crippen LogP contribution in [0, 0.1) is 17.0 Å². The number of nitrogens with zero attached hydrogens (tertiary/aromatic N) is 1. The van der Waals surface area contributed by atoms with Crippen molar-refractivity contribution in [2.75, 3.05) is 6.79 Å². The second-order valence-electron chi connectivity index (χ2n) is 4.69. The quantitative estimate of drug-likeness (QED) is 0.269. The molecule has 0 bridgehead atoms. The van der Waals surface area contributed by atoms with Gasteiger partial charge in [-0.25, -0.2) is 4.79 Å². The number of benzene rings is 2. The largest absolute Gasteiger partial charge is 0.435 e. The van der Waals surface area contributed by atoms with Crippen molar-refractivity contribution in [2.45, 2.75) is 13.5 Å². The number of carbonyl (C=O) groups excluding carboxylic acids is 1. The number of esters is 1. The molecule has 0 spiro atoms. The molecule has 22 heavy (non-hydrogen) atoms. The highest BCUT2D eigenvalue weighted by molar-refractivity contribution is 5.89. The van der Waals surface area contributed by atoms with Gasteiger partial charge in [0.2, 0.25) is 0 Å². The summed E-state index contributed by atoms with van der Waals surface area (Å²) in [4.78, 5) is 21.8. The van der Waals surface area contributed by atoms with Gasteiger partial charge in [0.15, 0.2) is 6.79 Å². The Balaban J connectivity index is 1.75. The summed E-state index contributed by atoms with van der Waals surface area (Å²) in [6, 6.07) is 13.0. The van der Waals surface area contributed by atoms with E-state index in [9.17, 15) is 14.9 Å². The number of carbonyl (C=O) groups is 1. The van der Waals surface area contributed by atoms with Crippen molar-refractivity contribution in [1.29, 1.82) is 0 Å². The molecule has 6 nitrogen and oxygen atoms in total. The van der Waals surface area contributed by atoms with Gasteiger partial charge in [0.1, 0.15) is 0 Å². The average Bonchev–Trinajstić information content (AvgIpc) is 2.52. The van der Waals surface area contributed by atoms with Crippen LogP contribution in [-0.4, -0.2) is 17.7 Å². The van der Waals surface area contributed by atoms with Crippen LogP contribution in [0.4, 0.5) is 5.69 Å². The Labute approximate surface area is 127 Å². The van der Waals surface area contributed by atoms with Gasteiger partial charge in [-0.05, 0) is 36.8 Å². The van der Waals surface area contributed by atoms with Crippen LogP contribution >= 0.6 is 0 Å². The fourth-order valence-electron chi connectivity index (χ4n) is 1.74. The number of nitro benzene ring substituents is 1. The predicted molar refractivity (Wildman–Crippen MR) is 79.3 cm³/mol. The molecule has 0 amide bonds. The molecule has 0 fully saturated rings. The first-order valence-electron chi connectivity index (χ1n) is 6.61. The minimum atomic E-state index is -0.464. The monoisotopic (exact) mass is 301 g/mol. The van der Waals surface area contributed by atoms with Gasteiger partial charge in [-0.1, -0.05) is 17.7 Å². The summed E-state index contributed by atoms with van der Waals surface area (Å²) < 4.78 is 10.2. The first-order valence-corrected chi connectivity index (χ1v) is 6.61. The molecule has 0 atom stereocenters. The molecule has 0 saturated carbocycles. The summed E-state index contributed by atoms with van der Waals surface area (Å²) in [5, 5.41) is 10.5. The van der Waals surface area contributed by atoms with E-state index in [1.165, 1.54) is 12.1 Å². The Morgan fingerprint density at radius 2 is 1.73 bits per heavy atom. The highest BCUT2D eigenvalue weighted by Gasteiger charge is 2.07. The second kappa shape index (κ2) is 7.33. The molecule has 0 aliphatic heterocycles. The molecule has 2 rings (SSSR count). The normalized spacial score (nSPS) is 10.2. The first-order chi connectivity index (χ1) is 10.6. The lowest BCUT2D eigenvalue weighted by Gasteiger charge is -2.06. The van der Waals surface area contributed by atoms with Crippen molar-refractivity contribution in [3.05, 3.63) is 75.3 Å². The van der Waals surface area contributed by atoms with E-state index < -0.39 is 10.9 Å². The van der Waals surface area contributed by atoms with Crippen LogP contribution in [0.2, 0.25) is 0 Å². The van der Waals surface area contributed by atoms with Crippen molar-refractivity contribution in [3.8, 4) is 0 Å². The second-order valence-corrected chi connectivity index (χ2v) is 4.69. The van der Waals surface area contributed by atoms with Crippen molar-refractivity contribution in [3.63, 3.8) is 0 Å². The van der Waals surface area contributed by atoms with Gasteiger partial charge >= 0.3 is 5.97 Å². The highest BCUT2D eigenvalue weighted by Crippen LogP contribution is 2.12. The standard InChI is InChI=1S/C16H15NO5/c1-12-2-6-14(7-3-12)16(18)22-11-21-10-13-4-8-15(9-5-13)17(19)20/h2-9H,10-11H2,1H3. The maximum Gasteiger partial charge on any atom is 0.340 e. The molecule has 0 saturated heterocycles. The summed E-state index contributed by atoms with van der Waals surface area (Å²) in [5.74, 6) is -0.455. The number of hydrogen-bond donors (Lipinski definition) is 0. The first kappa shape index (κ1) is 15.7. The maximum absolute atomic E-state index is 11.7. The smallest absolute Gasteiger partial charge is 0.340 e. The third-order valence-corrected chi connectivity index (χ3v) is 2.98. The van der Waals surface area contributed by atoms with Crippen LogP contribution < -0.4 is 0 Å². The van der Waals surface area contributed by atoms with Gasteiger partial charge in [0.25, 0.3) is 5.69 Å². The van der Waals surface area contributed by atoms with E-state index in [2.05, 4.69) is 0 Å². The fraction of sp³-hybridized carbons (Fsp3) is 0.188. The molecule has 6 heteroatoms. The Morgan fingerprint density at radius 1 is 1.09 bits per heavy atom. The highest BCUT2D eigenvalue weighted by atomic mass is 16.7. The Kier molecular flexibility index (Phi) is 5.21. The van der Waals surface area contributed by atoms with E-state index in [0.29, 0.717) is 5.56 Å². The van der Waals surface area contributed by atoms with Crippen LogP contribution in [-0.2, 0) is 16.1 Å². The zero-order valence-corrected chi connectivity index (χ0v) is 12.0. The molecule has 114 valence electrons.